The lowest BCUT2D eigenvalue weighted by molar-refractivity contribution is 0.0604. The maximum absolute atomic E-state index is 11.9. The molecular weight excluding hydrogens is 310 g/mol. The molecular formula is C15H10ClNO3S. The number of benzene rings is 1. The molecule has 0 bridgehead atoms. The zero-order valence-electron chi connectivity index (χ0n) is 11.0. The topological polar surface area (TPSA) is 48.4 Å². The van der Waals surface area contributed by atoms with Crippen molar-refractivity contribution in [3.63, 3.8) is 0 Å². The van der Waals surface area contributed by atoms with Crippen molar-refractivity contribution in [2.45, 2.75) is 0 Å². The van der Waals surface area contributed by atoms with Crippen molar-refractivity contribution < 1.29 is 14.3 Å². The van der Waals surface area contributed by atoms with Crippen molar-refractivity contribution in [3.05, 3.63) is 52.6 Å². The molecule has 0 atom stereocenters. The highest BCUT2D eigenvalue weighted by atomic mass is 35.5. The Labute approximate surface area is 129 Å². The Kier molecular flexibility index (Phi) is 3.77. The predicted molar refractivity (Wildman–Crippen MR) is 82.5 cm³/mol. The van der Waals surface area contributed by atoms with Gasteiger partial charge in [-0.3, -0.25) is 4.98 Å². The van der Waals surface area contributed by atoms with E-state index in [1.807, 2.05) is 6.07 Å². The number of carbonyl (C=O) groups excluding carboxylic acids is 1. The van der Waals surface area contributed by atoms with Gasteiger partial charge in [-0.25, -0.2) is 4.79 Å². The molecule has 0 N–H and O–H groups in total. The van der Waals surface area contributed by atoms with Crippen LogP contribution < -0.4 is 4.74 Å². The molecule has 0 saturated carbocycles. The molecule has 0 aliphatic rings. The Balaban J connectivity index is 2.10. The summed E-state index contributed by atoms with van der Waals surface area (Å²) in [5.74, 6) is 0.646. The minimum atomic E-state index is -0.430. The number of ether oxygens (including phenoxy) is 2. The lowest BCUT2D eigenvalue weighted by Crippen LogP contribution is -2.00. The fourth-order valence-electron chi connectivity index (χ4n) is 1.88. The molecule has 3 rings (SSSR count). The van der Waals surface area contributed by atoms with Crippen LogP contribution in [-0.4, -0.2) is 18.1 Å². The largest absolute Gasteiger partial charge is 0.465 e. The molecule has 0 radical (unpaired) electrons. The minimum Gasteiger partial charge on any atom is -0.465 e. The van der Waals surface area contributed by atoms with Gasteiger partial charge in [-0.05, 0) is 30.3 Å². The van der Waals surface area contributed by atoms with E-state index in [1.54, 1.807) is 36.7 Å². The van der Waals surface area contributed by atoms with E-state index < -0.39 is 5.97 Å². The van der Waals surface area contributed by atoms with Crippen LogP contribution in [0.3, 0.4) is 0 Å². The number of aromatic nitrogens is 1. The normalized spacial score (nSPS) is 10.6. The van der Waals surface area contributed by atoms with Gasteiger partial charge >= 0.3 is 5.97 Å². The van der Waals surface area contributed by atoms with Crippen LogP contribution in [0, 0.1) is 0 Å². The average Bonchev–Trinajstić information content (AvgIpc) is 2.88. The molecule has 0 unspecified atom stereocenters. The van der Waals surface area contributed by atoms with Gasteiger partial charge in [-0.15, -0.1) is 11.3 Å². The first-order valence-corrected chi connectivity index (χ1v) is 7.26. The smallest absolute Gasteiger partial charge is 0.351 e. The van der Waals surface area contributed by atoms with Gasteiger partial charge in [-0.2, -0.15) is 0 Å². The zero-order chi connectivity index (χ0) is 14.8. The van der Waals surface area contributed by atoms with Crippen LogP contribution in [0.5, 0.6) is 11.5 Å². The Morgan fingerprint density at radius 1 is 1.24 bits per heavy atom. The first-order valence-electron chi connectivity index (χ1n) is 6.07. The fourth-order valence-corrected chi connectivity index (χ4v) is 3.02. The first-order chi connectivity index (χ1) is 10.2. The summed E-state index contributed by atoms with van der Waals surface area (Å²) < 4.78 is 11.5. The van der Waals surface area contributed by atoms with Gasteiger partial charge < -0.3 is 9.47 Å². The Morgan fingerprint density at radius 2 is 2.00 bits per heavy atom. The van der Waals surface area contributed by atoms with Gasteiger partial charge in [0, 0.05) is 22.8 Å². The number of thiophene rings is 1. The summed E-state index contributed by atoms with van der Waals surface area (Å²) in [6.45, 7) is 0. The zero-order valence-corrected chi connectivity index (χ0v) is 12.6. The number of hydrogen-bond acceptors (Lipinski definition) is 5. The summed E-state index contributed by atoms with van der Waals surface area (Å²) >= 11 is 7.15. The van der Waals surface area contributed by atoms with Gasteiger partial charge in [0.25, 0.3) is 0 Å². The van der Waals surface area contributed by atoms with Crippen LogP contribution in [0.25, 0.3) is 10.1 Å². The van der Waals surface area contributed by atoms with Gasteiger partial charge in [0.1, 0.15) is 5.75 Å². The lowest BCUT2D eigenvalue weighted by atomic mass is 10.2. The van der Waals surface area contributed by atoms with Crippen molar-refractivity contribution in [2.24, 2.45) is 0 Å². The molecule has 2 aromatic heterocycles. The number of esters is 1. The highest BCUT2D eigenvalue weighted by Gasteiger charge is 2.21. The SMILES string of the molecule is COC(=O)c1sc2cnccc2c1Oc1ccc(Cl)cc1. The van der Waals surface area contributed by atoms with E-state index in [-0.39, 0.29) is 0 Å². The quantitative estimate of drug-likeness (QED) is 0.665. The van der Waals surface area contributed by atoms with Crippen LogP contribution in [-0.2, 0) is 4.74 Å². The average molecular weight is 320 g/mol. The molecule has 0 spiro atoms. The number of pyridine rings is 1. The number of carbonyl (C=O) groups is 1. The molecule has 2 heterocycles. The van der Waals surface area contributed by atoms with Crippen LogP contribution in [0.1, 0.15) is 9.67 Å². The van der Waals surface area contributed by atoms with Crippen LogP contribution in [0.15, 0.2) is 42.7 Å². The maximum Gasteiger partial charge on any atom is 0.351 e. The second-order valence-electron chi connectivity index (χ2n) is 4.18. The number of halogens is 1. The van der Waals surface area contributed by atoms with E-state index in [1.165, 1.54) is 18.4 Å². The number of methoxy groups -OCH3 is 1. The number of fused-ring (bicyclic) bond motifs is 1. The molecule has 6 heteroatoms. The molecule has 0 aliphatic heterocycles. The number of rotatable bonds is 3. The molecule has 0 saturated heterocycles. The van der Waals surface area contributed by atoms with Crippen molar-refractivity contribution in [3.8, 4) is 11.5 Å². The summed E-state index contributed by atoms with van der Waals surface area (Å²) in [7, 11) is 1.34. The van der Waals surface area contributed by atoms with E-state index in [4.69, 9.17) is 21.1 Å². The molecule has 0 amide bonds. The van der Waals surface area contributed by atoms with Crippen molar-refractivity contribution in [1.29, 1.82) is 0 Å². The third-order valence-corrected chi connectivity index (χ3v) is 4.21. The Morgan fingerprint density at radius 3 is 2.71 bits per heavy atom. The predicted octanol–water partition coefficient (Wildman–Crippen LogP) is 4.53. The molecule has 0 fully saturated rings. The maximum atomic E-state index is 11.9. The summed E-state index contributed by atoms with van der Waals surface area (Å²) in [6, 6.07) is 8.75. The van der Waals surface area contributed by atoms with Gasteiger partial charge in [0.05, 0.1) is 11.8 Å². The molecule has 21 heavy (non-hydrogen) atoms. The fraction of sp³-hybridized carbons (Fsp3) is 0.0667. The summed E-state index contributed by atoms with van der Waals surface area (Å²) in [6.07, 6.45) is 3.35. The van der Waals surface area contributed by atoms with Crippen LogP contribution in [0.4, 0.5) is 0 Å². The summed E-state index contributed by atoms with van der Waals surface area (Å²) in [4.78, 5) is 16.4. The molecule has 106 valence electrons. The van der Waals surface area contributed by atoms with E-state index in [2.05, 4.69) is 4.98 Å². The lowest BCUT2D eigenvalue weighted by Gasteiger charge is -2.06. The van der Waals surface area contributed by atoms with Crippen molar-refractivity contribution in [1.82, 2.24) is 4.98 Å². The Bertz CT molecular complexity index is 798. The van der Waals surface area contributed by atoms with Crippen LogP contribution >= 0.6 is 22.9 Å². The van der Waals surface area contributed by atoms with Crippen molar-refractivity contribution >= 4 is 39.0 Å². The molecule has 4 nitrogen and oxygen atoms in total. The Hall–Kier alpha value is -2.11. The van der Waals surface area contributed by atoms with E-state index in [9.17, 15) is 4.79 Å². The second kappa shape index (κ2) is 5.71. The number of hydrogen-bond donors (Lipinski definition) is 0. The third kappa shape index (κ3) is 2.70. The van der Waals surface area contributed by atoms with Gasteiger partial charge in [0.2, 0.25) is 0 Å². The highest BCUT2D eigenvalue weighted by Crippen LogP contribution is 2.40. The number of nitrogens with zero attached hydrogens (tertiary/aromatic N) is 1. The van der Waals surface area contributed by atoms with Crippen molar-refractivity contribution in [2.75, 3.05) is 7.11 Å². The minimum absolute atomic E-state index is 0.412. The van der Waals surface area contributed by atoms with Gasteiger partial charge in [0.15, 0.2) is 10.6 Å². The third-order valence-electron chi connectivity index (χ3n) is 2.85. The summed E-state index contributed by atoms with van der Waals surface area (Å²) in [5, 5.41) is 1.44. The summed E-state index contributed by atoms with van der Waals surface area (Å²) in [5.41, 5.74) is 0. The second-order valence-corrected chi connectivity index (χ2v) is 5.67. The standard InChI is InChI=1S/C15H10ClNO3S/c1-19-15(18)14-13(11-6-7-17-8-12(11)21-14)20-10-4-2-9(16)3-5-10/h2-8H,1H3. The van der Waals surface area contributed by atoms with Crippen LogP contribution in [0.2, 0.25) is 5.02 Å². The van der Waals surface area contributed by atoms with E-state index in [0.717, 1.165) is 10.1 Å². The molecule has 1 aromatic carbocycles. The van der Waals surface area contributed by atoms with E-state index >= 15 is 0 Å². The van der Waals surface area contributed by atoms with Gasteiger partial charge in [-0.1, -0.05) is 11.6 Å². The molecule has 0 aliphatic carbocycles. The first kappa shape index (κ1) is 13.9. The highest BCUT2D eigenvalue weighted by molar-refractivity contribution is 7.21. The van der Waals surface area contributed by atoms with E-state index in [0.29, 0.717) is 21.4 Å². The monoisotopic (exact) mass is 319 g/mol. The molecule has 3 aromatic rings.